The quantitative estimate of drug-likeness (QED) is 0.571. The Balaban J connectivity index is 1.58. The number of ether oxygens (including phenoxy) is 1. The van der Waals surface area contributed by atoms with Crippen molar-refractivity contribution in [3.8, 4) is 0 Å². The Morgan fingerprint density at radius 2 is 1.71 bits per heavy atom. The van der Waals surface area contributed by atoms with Gasteiger partial charge in [0, 0.05) is 11.8 Å². The number of carbonyl (C=O) groups excluding carboxylic acids is 3. The van der Waals surface area contributed by atoms with Crippen molar-refractivity contribution < 1.29 is 23.5 Å². The topological polar surface area (TPSA) is 92.1 Å². The first-order chi connectivity index (χ1) is 16.6. The van der Waals surface area contributed by atoms with Gasteiger partial charge in [-0.15, -0.1) is 0 Å². The van der Waals surface area contributed by atoms with Gasteiger partial charge in [-0.1, -0.05) is 48.5 Å². The average molecular weight is 457 g/mol. The SMILES string of the molecule is CCOC(=O)C1=CN2C(=O)[C@H](NC(=O)c3ccccc3)[C@@H](c3ccccc3)N2[C@H]1c1ccco1. The highest BCUT2D eigenvalue weighted by Gasteiger charge is 2.56. The molecule has 0 aliphatic carbocycles. The standard InChI is InChI=1S/C26H23N3O5/c1-2-33-26(32)19-16-28-25(31)21(27-24(30)18-12-7-4-8-13-18)22(17-10-5-3-6-11-17)29(28)23(19)20-14-9-15-34-20/h3-16,21-23H,2H2,1H3,(H,27,30)/t21-,22-,23-/m1/s1. The molecule has 0 saturated carbocycles. The second kappa shape index (κ2) is 8.99. The molecule has 8 nitrogen and oxygen atoms in total. The predicted molar refractivity (Wildman–Crippen MR) is 122 cm³/mol. The second-order valence-corrected chi connectivity index (χ2v) is 7.96. The summed E-state index contributed by atoms with van der Waals surface area (Å²) in [6.07, 6.45) is 3.00. The highest BCUT2D eigenvalue weighted by molar-refractivity contribution is 5.99. The number of fused-ring (bicyclic) bond motifs is 1. The molecule has 0 unspecified atom stereocenters. The summed E-state index contributed by atoms with van der Waals surface area (Å²) in [4.78, 5) is 39.4. The van der Waals surface area contributed by atoms with Gasteiger partial charge in [0.15, 0.2) is 0 Å². The van der Waals surface area contributed by atoms with Crippen molar-refractivity contribution in [1.29, 1.82) is 0 Å². The summed E-state index contributed by atoms with van der Waals surface area (Å²) in [6, 6.07) is 19.5. The lowest BCUT2D eigenvalue weighted by atomic mass is 9.96. The fraction of sp³-hybridized carbons (Fsp3) is 0.192. The third-order valence-corrected chi connectivity index (χ3v) is 5.95. The molecule has 2 aliphatic heterocycles. The smallest absolute Gasteiger partial charge is 0.337 e. The van der Waals surface area contributed by atoms with Gasteiger partial charge in [0.1, 0.15) is 17.8 Å². The zero-order valence-electron chi connectivity index (χ0n) is 18.5. The summed E-state index contributed by atoms with van der Waals surface area (Å²) in [6.45, 7) is 1.93. The van der Waals surface area contributed by atoms with E-state index in [1.807, 2.05) is 36.4 Å². The predicted octanol–water partition coefficient (Wildman–Crippen LogP) is 3.38. The summed E-state index contributed by atoms with van der Waals surface area (Å²) in [5.74, 6) is -0.742. The number of nitrogens with one attached hydrogen (secondary N) is 1. The number of rotatable bonds is 6. The third kappa shape index (κ3) is 3.68. The number of carbonyl (C=O) groups is 3. The van der Waals surface area contributed by atoms with Gasteiger partial charge in [-0.2, -0.15) is 5.01 Å². The first kappa shape index (κ1) is 21.7. The van der Waals surface area contributed by atoms with Crippen LogP contribution in [0.5, 0.6) is 0 Å². The van der Waals surface area contributed by atoms with Crippen molar-refractivity contribution in [2.75, 3.05) is 6.61 Å². The number of esters is 1. The van der Waals surface area contributed by atoms with E-state index in [9.17, 15) is 14.4 Å². The van der Waals surface area contributed by atoms with Crippen LogP contribution < -0.4 is 5.32 Å². The summed E-state index contributed by atoms with van der Waals surface area (Å²) in [5, 5.41) is 6.08. The molecule has 2 aromatic carbocycles. The third-order valence-electron chi connectivity index (χ3n) is 5.95. The molecule has 8 heteroatoms. The molecule has 0 bridgehead atoms. The number of amides is 2. The number of hydrogen-bond acceptors (Lipinski definition) is 6. The van der Waals surface area contributed by atoms with E-state index in [1.54, 1.807) is 48.3 Å². The van der Waals surface area contributed by atoms with Crippen molar-refractivity contribution in [1.82, 2.24) is 15.3 Å². The maximum atomic E-state index is 13.6. The van der Waals surface area contributed by atoms with E-state index in [1.165, 1.54) is 17.5 Å². The van der Waals surface area contributed by atoms with E-state index < -0.39 is 24.1 Å². The van der Waals surface area contributed by atoms with Crippen LogP contribution >= 0.6 is 0 Å². The van der Waals surface area contributed by atoms with Gasteiger partial charge >= 0.3 is 5.97 Å². The van der Waals surface area contributed by atoms with Crippen molar-refractivity contribution in [3.63, 3.8) is 0 Å². The lowest BCUT2D eigenvalue weighted by Crippen LogP contribution is -2.43. The minimum Gasteiger partial charge on any atom is -0.467 e. The molecule has 1 N–H and O–H groups in total. The molecule has 3 atom stereocenters. The van der Waals surface area contributed by atoms with Crippen LogP contribution in [-0.4, -0.2) is 40.5 Å². The lowest BCUT2D eigenvalue weighted by Gasteiger charge is -2.31. The maximum Gasteiger partial charge on any atom is 0.337 e. The largest absolute Gasteiger partial charge is 0.467 e. The molecular formula is C26H23N3O5. The Morgan fingerprint density at radius 3 is 2.35 bits per heavy atom. The van der Waals surface area contributed by atoms with Gasteiger partial charge in [-0.25, -0.2) is 9.80 Å². The first-order valence-corrected chi connectivity index (χ1v) is 11.0. The minimum absolute atomic E-state index is 0.201. The molecule has 1 fully saturated rings. The normalized spacial score (nSPS) is 21.8. The van der Waals surface area contributed by atoms with Crippen molar-refractivity contribution in [2.45, 2.75) is 25.0 Å². The molecule has 5 rings (SSSR count). The molecular weight excluding hydrogens is 434 g/mol. The van der Waals surface area contributed by atoms with Crippen LogP contribution in [0.2, 0.25) is 0 Å². The Morgan fingerprint density at radius 1 is 1.00 bits per heavy atom. The van der Waals surface area contributed by atoms with E-state index in [-0.39, 0.29) is 18.4 Å². The van der Waals surface area contributed by atoms with Gasteiger partial charge in [0.05, 0.1) is 24.5 Å². The highest BCUT2D eigenvalue weighted by atomic mass is 16.5. The second-order valence-electron chi connectivity index (χ2n) is 7.96. The summed E-state index contributed by atoms with van der Waals surface area (Å²) in [7, 11) is 0. The fourth-order valence-electron chi connectivity index (χ4n) is 4.50. The Hall–Kier alpha value is -4.17. The van der Waals surface area contributed by atoms with Gasteiger partial charge in [0.25, 0.3) is 11.8 Å². The molecule has 172 valence electrons. The van der Waals surface area contributed by atoms with Gasteiger partial charge < -0.3 is 14.5 Å². The van der Waals surface area contributed by atoms with Crippen LogP contribution in [0.15, 0.2) is 95.2 Å². The van der Waals surface area contributed by atoms with Crippen LogP contribution in [0.25, 0.3) is 0 Å². The Kier molecular flexibility index (Phi) is 5.73. The summed E-state index contributed by atoms with van der Waals surface area (Å²) < 4.78 is 10.9. The Labute approximate surface area is 196 Å². The minimum atomic E-state index is -0.882. The van der Waals surface area contributed by atoms with Crippen LogP contribution in [0.3, 0.4) is 0 Å². The van der Waals surface area contributed by atoms with Crippen molar-refractivity contribution in [3.05, 3.63) is 108 Å². The van der Waals surface area contributed by atoms with E-state index in [2.05, 4.69) is 5.32 Å². The van der Waals surface area contributed by atoms with Crippen molar-refractivity contribution in [2.24, 2.45) is 0 Å². The van der Waals surface area contributed by atoms with Gasteiger partial charge in [-0.3, -0.25) is 9.59 Å². The van der Waals surface area contributed by atoms with E-state index in [0.29, 0.717) is 16.9 Å². The zero-order valence-corrected chi connectivity index (χ0v) is 18.5. The van der Waals surface area contributed by atoms with Crippen LogP contribution in [0.4, 0.5) is 0 Å². The zero-order chi connectivity index (χ0) is 23.7. The van der Waals surface area contributed by atoms with E-state index >= 15 is 0 Å². The van der Waals surface area contributed by atoms with Crippen LogP contribution in [0, 0.1) is 0 Å². The molecule has 0 radical (unpaired) electrons. The number of nitrogens with zero attached hydrogens (tertiary/aromatic N) is 2. The van der Waals surface area contributed by atoms with Gasteiger partial charge in [0.2, 0.25) is 0 Å². The molecule has 1 aromatic heterocycles. The molecule has 2 amide bonds. The van der Waals surface area contributed by atoms with Crippen LogP contribution in [0.1, 0.15) is 40.7 Å². The van der Waals surface area contributed by atoms with Crippen LogP contribution in [-0.2, 0) is 14.3 Å². The Bertz CT molecular complexity index is 1220. The van der Waals surface area contributed by atoms with Crippen molar-refractivity contribution >= 4 is 17.8 Å². The fourth-order valence-corrected chi connectivity index (χ4v) is 4.50. The average Bonchev–Trinajstić information content (AvgIpc) is 3.58. The number of benzene rings is 2. The summed E-state index contributed by atoms with van der Waals surface area (Å²) in [5.41, 5.74) is 1.56. The number of furan rings is 1. The monoisotopic (exact) mass is 457 g/mol. The number of hydrazine groups is 1. The summed E-state index contributed by atoms with van der Waals surface area (Å²) >= 11 is 0. The molecule has 2 aliphatic rings. The maximum absolute atomic E-state index is 13.6. The first-order valence-electron chi connectivity index (χ1n) is 11.0. The van der Waals surface area contributed by atoms with E-state index in [4.69, 9.17) is 9.15 Å². The molecule has 3 aromatic rings. The molecule has 1 saturated heterocycles. The van der Waals surface area contributed by atoms with Gasteiger partial charge in [-0.05, 0) is 36.8 Å². The molecule has 3 heterocycles. The lowest BCUT2D eigenvalue weighted by molar-refractivity contribution is -0.140. The number of hydrogen-bond donors (Lipinski definition) is 1. The molecule has 34 heavy (non-hydrogen) atoms. The van der Waals surface area contributed by atoms with E-state index in [0.717, 1.165) is 5.56 Å². The molecule has 0 spiro atoms. The highest BCUT2D eigenvalue weighted by Crippen LogP contribution is 2.48.